The second-order valence-electron chi connectivity index (χ2n) is 10.5. The Labute approximate surface area is 248 Å². The summed E-state index contributed by atoms with van der Waals surface area (Å²) in [6.07, 6.45) is -0.311. The molecule has 3 unspecified atom stereocenters. The number of rotatable bonds is 11. The molecule has 0 bridgehead atoms. The van der Waals surface area contributed by atoms with Crippen molar-refractivity contribution in [2.45, 2.75) is 63.0 Å². The fourth-order valence-corrected chi connectivity index (χ4v) is 4.87. The lowest BCUT2D eigenvalue weighted by molar-refractivity contribution is -0.165. The normalized spacial score (nSPS) is 19.0. The lowest BCUT2D eigenvalue weighted by atomic mass is 10.00. The van der Waals surface area contributed by atoms with Crippen LogP contribution in [0.4, 0.5) is 8.78 Å². The third-order valence-electron chi connectivity index (χ3n) is 7.40. The number of piperidine rings is 1. The van der Waals surface area contributed by atoms with E-state index in [4.69, 9.17) is 29.9 Å². The maximum atomic E-state index is 13.4. The van der Waals surface area contributed by atoms with Gasteiger partial charge in [-0.1, -0.05) is 24.3 Å². The molecule has 2 fully saturated rings. The van der Waals surface area contributed by atoms with Crippen molar-refractivity contribution in [1.29, 1.82) is 0 Å². The van der Waals surface area contributed by atoms with Crippen molar-refractivity contribution in [3.8, 4) is 0 Å². The minimum absolute atomic E-state index is 0.0139. The maximum absolute atomic E-state index is 13.4. The molecule has 0 radical (unpaired) electrons. The molecular weight excluding hydrogens is 570 g/mol. The highest BCUT2D eigenvalue weighted by Gasteiger charge is 2.30. The smallest absolute Gasteiger partial charge is 0.335 e. The van der Waals surface area contributed by atoms with Gasteiger partial charge in [0.2, 0.25) is 5.91 Å². The van der Waals surface area contributed by atoms with Gasteiger partial charge in [0.15, 0.2) is 12.2 Å². The Kier molecular flexibility index (Phi) is 13.4. The Bertz CT molecular complexity index is 1150. The average Bonchev–Trinajstić information content (AvgIpc) is 3.01. The van der Waals surface area contributed by atoms with E-state index in [9.17, 15) is 23.2 Å². The number of aliphatic hydroxyl groups is 2. The van der Waals surface area contributed by atoms with Crippen LogP contribution in [-0.4, -0.2) is 105 Å². The van der Waals surface area contributed by atoms with E-state index in [-0.39, 0.29) is 36.1 Å². The number of likely N-dealkylation sites (tertiary alicyclic amines) is 1. The van der Waals surface area contributed by atoms with E-state index >= 15 is 0 Å². The molecular formula is C30H38F2N2O9. The second kappa shape index (κ2) is 17.0. The summed E-state index contributed by atoms with van der Waals surface area (Å²) in [5.41, 5.74) is 1.70. The Morgan fingerprint density at radius 1 is 0.860 bits per heavy atom. The van der Waals surface area contributed by atoms with Crippen molar-refractivity contribution in [3.05, 3.63) is 71.3 Å². The van der Waals surface area contributed by atoms with Gasteiger partial charge in [-0.2, -0.15) is 0 Å². The number of aliphatic hydroxyl groups excluding tert-OH is 2. The summed E-state index contributed by atoms with van der Waals surface area (Å²) in [6.45, 7) is 4.44. The van der Waals surface area contributed by atoms with Gasteiger partial charge in [0.25, 0.3) is 0 Å². The molecule has 1 amide bonds. The van der Waals surface area contributed by atoms with Gasteiger partial charge in [-0.3, -0.25) is 4.79 Å². The first-order valence-corrected chi connectivity index (χ1v) is 14.0. The molecule has 13 heteroatoms. The van der Waals surface area contributed by atoms with Crippen LogP contribution in [0, 0.1) is 11.6 Å². The van der Waals surface area contributed by atoms with Crippen LogP contribution < -0.4 is 0 Å². The zero-order valence-corrected chi connectivity index (χ0v) is 23.7. The molecule has 2 aliphatic rings. The highest BCUT2D eigenvalue weighted by atomic mass is 19.1. The summed E-state index contributed by atoms with van der Waals surface area (Å²) in [7, 11) is 0. The van der Waals surface area contributed by atoms with Crippen LogP contribution >= 0.6 is 0 Å². The SMILES string of the molecule is O=C(Cc1ccc(F)cc1)N(Cc1ccc(F)cc1)C1CCN(CCC2CCOCO2)CC1.O=C(O)C(O)C(O)C(=O)O. The molecule has 0 aliphatic carbocycles. The van der Waals surface area contributed by atoms with Gasteiger partial charge in [0.1, 0.15) is 18.4 Å². The monoisotopic (exact) mass is 608 g/mol. The van der Waals surface area contributed by atoms with Gasteiger partial charge < -0.3 is 39.7 Å². The van der Waals surface area contributed by atoms with Crippen LogP contribution in [0.2, 0.25) is 0 Å². The van der Waals surface area contributed by atoms with E-state index in [1.165, 1.54) is 24.3 Å². The summed E-state index contributed by atoms with van der Waals surface area (Å²) in [6, 6.07) is 12.5. The van der Waals surface area contributed by atoms with Gasteiger partial charge in [-0.25, -0.2) is 18.4 Å². The topological polar surface area (TPSA) is 157 Å². The lowest BCUT2D eigenvalue weighted by Gasteiger charge is -2.39. The maximum Gasteiger partial charge on any atom is 0.335 e. The molecule has 236 valence electrons. The summed E-state index contributed by atoms with van der Waals surface area (Å²) in [5, 5.41) is 32.5. The molecule has 2 heterocycles. The lowest BCUT2D eigenvalue weighted by Crippen LogP contribution is -2.48. The van der Waals surface area contributed by atoms with Crippen LogP contribution in [0.25, 0.3) is 0 Å². The number of hydrogen-bond acceptors (Lipinski definition) is 8. The molecule has 2 aliphatic heterocycles. The molecule has 3 atom stereocenters. The zero-order chi connectivity index (χ0) is 31.4. The molecule has 0 aromatic heterocycles. The van der Waals surface area contributed by atoms with Gasteiger partial charge in [0, 0.05) is 32.2 Å². The predicted octanol–water partition coefficient (Wildman–Crippen LogP) is 2.03. The predicted molar refractivity (Wildman–Crippen MR) is 149 cm³/mol. The highest BCUT2D eigenvalue weighted by molar-refractivity contribution is 5.83. The van der Waals surface area contributed by atoms with E-state index < -0.39 is 24.1 Å². The first-order valence-electron chi connectivity index (χ1n) is 14.0. The number of ether oxygens (including phenoxy) is 2. The number of nitrogens with zero attached hydrogens (tertiary/aromatic N) is 2. The quantitative estimate of drug-likeness (QED) is 0.298. The fraction of sp³-hybridized carbons (Fsp3) is 0.500. The van der Waals surface area contributed by atoms with Crippen molar-refractivity contribution in [3.63, 3.8) is 0 Å². The Hall–Kier alpha value is -3.49. The summed E-state index contributed by atoms with van der Waals surface area (Å²) in [5.74, 6) is -4.12. The highest BCUT2D eigenvalue weighted by Crippen LogP contribution is 2.22. The van der Waals surface area contributed by atoms with E-state index in [1.807, 2.05) is 4.90 Å². The Morgan fingerprint density at radius 2 is 1.40 bits per heavy atom. The third kappa shape index (κ3) is 11.3. The van der Waals surface area contributed by atoms with Crippen molar-refractivity contribution >= 4 is 17.8 Å². The van der Waals surface area contributed by atoms with Crippen molar-refractivity contribution in [1.82, 2.24) is 9.80 Å². The number of carbonyl (C=O) groups is 3. The first kappa shape index (κ1) is 34.0. The number of carboxylic acid groups (broad SMARTS) is 2. The van der Waals surface area contributed by atoms with Gasteiger partial charge >= 0.3 is 11.9 Å². The van der Waals surface area contributed by atoms with Gasteiger partial charge in [-0.05, 0) is 61.1 Å². The van der Waals surface area contributed by atoms with Crippen LogP contribution in [0.1, 0.15) is 36.8 Å². The average molecular weight is 609 g/mol. The van der Waals surface area contributed by atoms with Crippen LogP contribution in [0.5, 0.6) is 0 Å². The van der Waals surface area contributed by atoms with E-state index in [0.29, 0.717) is 13.3 Å². The minimum atomic E-state index is -2.27. The van der Waals surface area contributed by atoms with Crippen LogP contribution in [0.3, 0.4) is 0 Å². The molecule has 2 aromatic rings. The molecule has 0 spiro atoms. The number of amides is 1. The number of carboxylic acids is 2. The van der Waals surface area contributed by atoms with Crippen molar-refractivity contribution in [2.75, 3.05) is 33.0 Å². The van der Waals surface area contributed by atoms with E-state index in [1.54, 1.807) is 24.3 Å². The fourth-order valence-electron chi connectivity index (χ4n) is 4.87. The van der Waals surface area contributed by atoms with Crippen LogP contribution in [0.15, 0.2) is 48.5 Å². The minimum Gasteiger partial charge on any atom is -0.479 e. The van der Waals surface area contributed by atoms with Gasteiger partial charge in [0.05, 0.1) is 19.1 Å². The molecule has 2 aromatic carbocycles. The zero-order valence-electron chi connectivity index (χ0n) is 23.7. The Morgan fingerprint density at radius 3 is 1.88 bits per heavy atom. The number of halogens is 2. The van der Waals surface area contributed by atoms with Crippen LogP contribution in [-0.2, 0) is 36.8 Å². The standard InChI is InChI=1S/C26H32F2N2O3.C4H6O6/c27-22-5-1-20(2-6-22)17-26(31)30(18-21-3-7-23(28)8-4-21)24-9-13-29(14-10-24)15-11-25-12-16-32-19-33-25;5-1(3(7)8)2(6)4(9)10/h1-8,24-25H,9-19H2;1-2,5-6H,(H,7,8)(H,9,10). The third-order valence-corrected chi connectivity index (χ3v) is 7.40. The van der Waals surface area contributed by atoms with E-state index in [0.717, 1.165) is 63.1 Å². The van der Waals surface area contributed by atoms with Crippen molar-refractivity contribution < 1.29 is 53.1 Å². The Balaban J connectivity index is 0.000000436. The molecule has 2 saturated heterocycles. The summed E-state index contributed by atoms with van der Waals surface area (Å²) < 4.78 is 37.5. The number of aliphatic carboxylic acids is 2. The first-order chi connectivity index (χ1) is 20.5. The molecule has 4 rings (SSSR count). The molecule has 11 nitrogen and oxygen atoms in total. The summed E-state index contributed by atoms with van der Waals surface area (Å²) >= 11 is 0. The molecule has 0 saturated carbocycles. The number of hydrogen-bond donors (Lipinski definition) is 4. The number of benzene rings is 2. The van der Waals surface area contributed by atoms with Gasteiger partial charge in [-0.15, -0.1) is 0 Å². The number of carbonyl (C=O) groups excluding carboxylic acids is 1. The summed E-state index contributed by atoms with van der Waals surface area (Å²) in [4.78, 5) is 37.2. The molecule has 43 heavy (non-hydrogen) atoms. The molecule has 4 N–H and O–H groups in total. The van der Waals surface area contributed by atoms with Crippen molar-refractivity contribution in [2.24, 2.45) is 0 Å². The largest absolute Gasteiger partial charge is 0.479 e. The second-order valence-corrected chi connectivity index (χ2v) is 10.5. The van der Waals surface area contributed by atoms with E-state index in [2.05, 4.69) is 4.90 Å².